The Morgan fingerprint density at radius 2 is 1.87 bits per heavy atom. The molecule has 2 bridgehead atoms. The highest BCUT2D eigenvalue weighted by molar-refractivity contribution is 5.88. The molecule has 5 rings (SSSR count). The van der Waals surface area contributed by atoms with Crippen molar-refractivity contribution in [3.8, 4) is 22.9 Å². The maximum Gasteiger partial charge on any atom is 0.242 e. The molecule has 2 amide bonds. The van der Waals surface area contributed by atoms with E-state index in [1.54, 1.807) is 13.3 Å². The van der Waals surface area contributed by atoms with Crippen LogP contribution in [0.15, 0.2) is 79.3 Å². The van der Waals surface area contributed by atoms with Crippen LogP contribution in [0.25, 0.3) is 11.4 Å². The standard InChI is InChI=1S/C34H41N7O4/c1-39(2)31-13-10-26(22-37-31)23-40-16-7-19-45-30-21-27(11-12-29(30)44-3)33-35-14-17-41(33)18-15-36-34(43)28(38-32(42)24-40)20-25-8-5-4-6-9-25/h4-6,8-14,17,21-22,28H,7,15-16,18-20,23-24H2,1-3H3,(H,36,43)(H,38,42)/t28-/m0/s1. The van der Waals surface area contributed by atoms with Crippen LogP contribution in [-0.4, -0.2) is 84.7 Å². The zero-order valence-electron chi connectivity index (χ0n) is 26.1. The molecule has 0 fully saturated rings. The molecule has 0 unspecified atom stereocenters. The number of aromatic nitrogens is 3. The fourth-order valence-electron chi connectivity index (χ4n) is 5.32. The average molecular weight is 612 g/mol. The number of pyridine rings is 1. The number of carbonyl (C=O) groups is 2. The first kappa shape index (κ1) is 31.5. The number of imidazole rings is 1. The number of hydrogen-bond donors (Lipinski definition) is 2. The van der Waals surface area contributed by atoms with Crippen LogP contribution in [0, 0.1) is 0 Å². The van der Waals surface area contributed by atoms with Crippen molar-refractivity contribution in [2.45, 2.75) is 32.0 Å². The number of carbonyl (C=O) groups excluding carboxylic acids is 2. The Hall–Kier alpha value is -4.90. The predicted molar refractivity (Wildman–Crippen MR) is 173 cm³/mol. The van der Waals surface area contributed by atoms with Crippen LogP contribution in [0.5, 0.6) is 11.5 Å². The van der Waals surface area contributed by atoms with Crippen LogP contribution in [0.1, 0.15) is 17.5 Å². The van der Waals surface area contributed by atoms with Gasteiger partial charge in [0.05, 0.1) is 20.3 Å². The molecule has 0 aliphatic carbocycles. The average Bonchev–Trinajstić information content (AvgIpc) is 3.51. The summed E-state index contributed by atoms with van der Waals surface area (Å²) in [7, 11) is 5.51. The number of nitrogens with one attached hydrogen (secondary N) is 2. The fourth-order valence-corrected chi connectivity index (χ4v) is 5.32. The molecule has 0 saturated carbocycles. The van der Waals surface area contributed by atoms with Crippen LogP contribution < -0.4 is 25.0 Å². The molecule has 1 aliphatic heterocycles. The van der Waals surface area contributed by atoms with Crippen LogP contribution in [-0.2, 0) is 29.1 Å². The zero-order valence-corrected chi connectivity index (χ0v) is 26.1. The Morgan fingerprint density at radius 3 is 2.62 bits per heavy atom. The summed E-state index contributed by atoms with van der Waals surface area (Å²) in [5, 5.41) is 6.04. The Bertz CT molecular complexity index is 1560. The summed E-state index contributed by atoms with van der Waals surface area (Å²) in [5.74, 6) is 2.41. The van der Waals surface area contributed by atoms with Crippen molar-refractivity contribution >= 4 is 17.6 Å². The second-order valence-electron chi connectivity index (χ2n) is 11.2. The summed E-state index contributed by atoms with van der Waals surface area (Å²) in [6, 6.07) is 18.7. The Kier molecular flexibility index (Phi) is 10.7. The van der Waals surface area contributed by atoms with Crippen LogP contribution in [0.3, 0.4) is 0 Å². The fraction of sp³-hybridized carbons (Fsp3) is 0.353. The summed E-state index contributed by atoms with van der Waals surface area (Å²) < 4.78 is 13.8. The molecular formula is C34H41N7O4. The molecule has 3 heterocycles. The van der Waals surface area contributed by atoms with Crippen molar-refractivity contribution in [1.82, 2.24) is 30.1 Å². The molecule has 0 saturated heterocycles. The third-order valence-corrected chi connectivity index (χ3v) is 7.64. The van der Waals surface area contributed by atoms with Gasteiger partial charge in [-0.25, -0.2) is 9.97 Å². The van der Waals surface area contributed by atoms with Crippen molar-refractivity contribution in [1.29, 1.82) is 0 Å². The second-order valence-corrected chi connectivity index (χ2v) is 11.2. The van der Waals surface area contributed by atoms with Gasteiger partial charge in [-0.2, -0.15) is 0 Å². The molecule has 0 radical (unpaired) electrons. The lowest BCUT2D eigenvalue weighted by Crippen LogP contribution is -2.51. The van der Waals surface area contributed by atoms with Gasteiger partial charge in [-0.3, -0.25) is 14.5 Å². The van der Waals surface area contributed by atoms with Gasteiger partial charge in [0.1, 0.15) is 17.7 Å². The first-order chi connectivity index (χ1) is 21.9. The Morgan fingerprint density at radius 1 is 1.02 bits per heavy atom. The predicted octanol–water partition coefficient (Wildman–Crippen LogP) is 3.15. The van der Waals surface area contributed by atoms with Crippen molar-refractivity contribution in [3.05, 3.63) is 90.4 Å². The van der Waals surface area contributed by atoms with Crippen molar-refractivity contribution in [3.63, 3.8) is 0 Å². The highest BCUT2D eigenvalue weighted by atomic mass is 16.5. The van der Waals surface area contributed by atoms with E-state index in [1.807, 2.05) is 96.6 Å². The van der Waals surface area contributed by atoms with Gasteiger partial charge in [-0.05, 0) is 41.8 Å². The summed E-state index contributed by atoms with van der Waals surface area (Å²) in [6.45, 7) is 2.51. The van der Waals surface area contributed by atoms with Gasteiger partial charge in [0.25, 0.3) is 0 Å². The molecule has 1 atom stereocenters. The molecule has 2 aromatic heterocycles. The van der Waals surface area contributed by atoms with E-state index < -0.39 is 6.04 Å². The lowest BCUT2D eigenvalue weighted by atomic mass is 10.1. The van der Waals surface area contributed by atoms with E-state index in [1.165, 1.54) is 0 Å². The number of ether oxygens (including phenoxy) is 2. The number of anilines is 1. The van der Waals surface area contributed by atoms with E-state index in [0.717, 1.165) is 28.3 Å². The van der Waals surface area contributed by atoms with Crippen LogP contribution in [0.2, 0.25) is 0 Å². The normalized spacial score (nSPS) is 16.7. The smallest absolute Gasteiger partial charge is 0.242 e. The number of hydrogen-bond acceptors (Lipinski definition) is 8. The molecule has 11 nitrogen and oxygen atoms in total. The first-order valence-electron chi connectivity index (χ1n) is 15.2. The van der Waals surface area contributed by atoms with Crippen molar-refractivity contribution < 1.29 is 19.1 Å². The largest absolute Gasteiger partial charge is 0.493 e. The summed E-state index contributed by atoms with van der Waals surface area (Å²) in [5.41, 5.74) is 2.83. The van der Waals surface area contributed by atoms with E-state index in [9.17, 15) is 9.59 Å². The van der Waals surface area contributed by atoms with Gasteiger partial charge >= 0.3 is 0 Å². The number of amides is 2. The number of benzene rings is 2. The molecule has 2 aromatic carbocycles. The molecule has 2 N–H and O–H groups in total. The lowest BCUT2D eigenvalue weighted by Gasteiger charge is -2.25. The van der Waals surface area contributed by atoms with E-state index in [4.69, 9.17) is 9.47 Å². The lowest BCUT2D eigenvalue weighted by molar-refractivity contribution is -0.129. The maximum atomic E-state index is 13.5. The van der Waals surface area contributed by atoms with Gasteiger partial charge < -0.3 is 29.6 Å². The monoisotopic (exact) mass is 611 g/mol. The number of nitrogens with zero attached hydrogens (tertiary/aromatic N) is 5. The van der Waals surface area contributed by atoms with Gasteiger partial charge in [0, 0.05) is 70.8 Å². The highest BCUT2D eigenvalue weighted by Crippen LogP contribution is 2.32. The Labute approximate surface area is 264 Å². The topological polar surface area (TPSA) is 114 Å². The highest BCUT2D eigenvalue weighted by Gasteiger charge is 2.23. The van der Waals surface area contributed by atoms with Gasteiger partial charge in [-0.15, -0.1) is 0 Å². The zero-order chi connectivity index (χ0) is 31.6. The van der Waals surface area contributed by atoms with E-state index >= 15 is 0 Å². The van der Waals surface area contributed by atoms with E-state index in [2.05, 4.69) is 25.5 Å². The molecule has 4 aromatic rings. The van der Waals surface area contributed by atoms with Crippen LogP contribution >= 0.6 is 0 Å². The van der Waals surface area contributed by atoms with Crippen molar-refractivity contribution in [2.24, 2.45) is 0 Å². The second kappa shape index (κ2) is 15.2. The maximum absolute atomic E-state index is 13.5. The van der Waals surface area contributed by atoms with Gasteiger partial charge in [0.2, 0.25) is 11.8 Å². The molecule has 1 aliphatic rings. The SMILES string of the molecule is COc1ccc2cc1OCCCN(Cc1ccc(N(C)C)nc1)CC(=O)N[C@@H](Cc1ccccc1)C(=O)NCCn1ccnc1-2. The van der Waals surface area contributed by atoms with E-state index in [-0.39, 0.29) is 18.4 Å². The van der Waals surface area contributed by atoms with E-state index in [0.29, 0.717) is 57.1 Å². The molecule has 0 spiro atoms. The number of methoxy groups -OCH3 is 1. The third kappa shape index (κ3) is 8.60. The first-order valence-corrected chi connectivity index (χ1v) is 15.2. The molecule has 45 heavy (non-hydrogen) atoms. The van der Waals surface area contributed by atoms with Gasteiger partial charge in [-0.1, -0.05) is 36.4 Å². The van der Waals surface area contributed by atoms with Gasteiger partial charge in [0.15, 0.2) is 11.5 Å². The summed E-state index contributed by atoms with van der Waals surface area (Å²) in [4.78, 5) is 40.1. The minimum absolute atomic E-state index is 0.116. The quantitative estimate of drug-likeness (QED) is 0.342. The minimum atomic E-state index is -0.726. The van der Waals surface area contributed by atoms with Crippen LogP contribution in [0.4, 0.5) is 5.82 Å². The Balaban J connectivity index is 1.40. The number of rotatable bonds is 6. The molecule has 11 heteroatoms. The molecule has 236 valence electrons. The number of fused-ring (bicyclic) bond motifs is 4. The third-order valence-electron chi connectivity index (χ3n) is 7.64. The molecular weight excluding hydrogens is 570 g/mol. The summed E-state index contributed by atoms with van der Waals surface area (Å²) >= 11 is 0. The summed E-state index contributed by atoms with van der Waals surface area (Å²) in [6.07, 6.45) is 6.49. The van der Waals surface area contributed by atoms with Crippen molar-refractivity contribution in [2.75, 3.05) is 52.3 Å². The minimum Gasteiger partial charge on any atom is -0.493 e.